The van der Waals surface area contributed by atoms with E-state index < -0.39 is 47.7 Å². The van der Waals surface area contributed by atoms with Crippen LogP contribution in [-0.4, -0.2) is 113 Å². The Bertz CT molecular complexity index is 2360. The number of H-pyrrole nitrogens is 1. The number of carbonyl (C=O) groups excluding carboxylic acids is 6. The van der Waals surface area contributed by atoms with Crippen molar-refractivity contribution >= 4 is 70.3 Å². The number of ether oxygens (including phenoxy) is 1. The second-order valence-electron chi connectivity index (χ2n) is 13.7. The van der Waals surface area contributed by atoms with Crippen molar-refractivity contribution in [1.82, 2.24) is 56.1 Å². The minimum absolute atomic E-state index is 0.0166. The van der Waals surface area contributed by atoms with E-state index in [4.69, 9.17) is 21.9 Å². The second-order valence-corrected chi connectivity index (χ2v) is 13.7. The van der Waals surface area contributed by atoms with Crippen molar-refractivity contribution in [1.29, 1.82) is 0 Å². The number of rotatable bonds is 18. The number of nitrogens with zero attached hydrogens (tertiary/aromatic N) is 8. The van der Waals surface area contributed by atoms with Gasteiger partial charge in [-0.1, -0.05) is 13.8 Å². The summed E-state index contributed by atoms with van der Waals surface area (Å²) >= 11 is 0. The fraction of sp³-hybridized carbons (Fsp3) is 0.324. The number of hydrogen-bond acceptors (Lipinski definition) is 18. The minimum Gasteiger partial charge on any atom is -0.467 e. The van der Waals surface area contributed by atoms with Crippen LogP contribution in [-0.2, 0) is 30.5 Å². The van der Waals surface area contributed by atoms with Gasteiger partial charge < -0.3 is 43.2 Å². The molecule has 3 atom stereocenters. The summed E-state index contributed by atoms with van der Waals surface area (Å²) in [7, 11) is 1.13. The number of fused-ring (bicyclic) bond motifs is 1. The first kappa shape index (κ1) is 43.4. The number of esters is 1. The van der Waals surface area contributed by atoms with Gasteiger partial charge in [-0.15, -0.1) is 10.2 Å². The summed E-state index contributed by atoms with van der Waals surface area (Å²) in [4.78, 5) is 94.5. The number of amides is 5. The van der Waals surface area contributed by atoms with Gasteiger partial charge in [0.05, 0.1) is 37.2 Å². The molecule has 3 aromatic heterocycles. The number of aromatic nitrogens is 8. The van der Waals surface area contributed by atoms with Crippen molar-refractivity contribution < 1.29 is 33.5 Å². The molecule has 0 fully saturated rings. The number of nitrogens with two attached hydrogens (primary N) is 3. The average molecular weight is 825 g/mol. The molecule has 0 aliphatic carbocycles. The van der Waals surface area contributed by atoms with Gasteiger partial charge in [-0.25, -0.2) is 14.8 Å². The molecule has 0 aliphatic rings. The molecule has 11 N–H and O–H groups in total. The Balaban J connectivity index is 1.18. The van der Waals surface area contributed by atoms with Crippen molar-refractivity contribution in [3.63, 3.8) is 0 Å². The van der Waals surface area contributed by atoms with Crippen LogP contribution in [0.2, 0.25) is 0 Å². The fourth-order valence-corrected chi connectivity index (χ4v) is 5.71. The number of nitrogens with one attached hydrogen (secondary N) is 5. The predicted octanol–water partition coefficient (Wildman–Crippen LogP) is 0.153. The number of anilines is 4. The van der Waals surface area contributed by atoms with E-state index >= 15 is 0 Å². The number of tetrazole rings is 1. The lowest BCUT2D eigenvalue weighted by molar-refractivity contribution is -0.148. The number of imide groups is 1. The molecule has 5 aromatic rings. The number of carbonyl (C=O) groups is 6. The standard InChI is InChI=1S/C37H44N16O7/c1-18(2)27(38)34(57)44-19(3)32(55)46-22-11-12-24(25(14-22)30-49-51-52-50-30)33(56)41-13-5-6-26(36(59)60-4)53(17-54)35(58)20-7-9-21(10-8-20)42-15-23-16-43-31-28(45-23)29(39)47-37(40)48-31/h7-12,14,16-19,26-27,42H,5-6,13,15,38H2,1-4H3,(H,41,56)(H,44,57)(H,46,55)(H,49,50,51,52)(H4,39,40,43,47,48)/t19-,26-,27-/m0/s1. The summed E-state index contributed by atoms with van der Waals surface area (Å²) in [6, 6.07) is 7.56. The van der Waals surface area contributed by atoms with Crippen LogP contribution >= 0.6 is 0 Å². The average Bonchev–Trinajstić information content (AvgIpc) is 3.78. The van der Waals surface area contributed by atoms with Gasteiger partial charge in [-0.2, -0.15) is 15.2 Å². The van der Waals surface area contributed by atoms with Crippen LogP contribution in [0.5, 0.6) is 0 Å². The largest absolute Gasteiger partial charge is 0.467 e. The predicted molar refractivity (Wildman–Crippen MR) is 216 cm³/mol. The molecule has 0 spiro atoms. The van der Waals surface area contributed by atoms with Gasteiger partial charge in [0.2, 0.25) is 30.0 Å². The number of hydrogen-bond donors (Lipinski definition) is 8. The molecule has 3 heterocycles. The van der Waals surface area contributed by atoms with Gasteiger partial charge in [0, 0.05) is 29.0 Å². The smallest absolute Gasteiger partial charge is 0.329 e. The highest BCUT2D eigenvalue weighted by atomic mass is 16.5. The maximum Gasteiger partial charge on any atom is 0.329 e. The van der Waals surface area contributed by atoms with Crippen molar-refractivity contribution in [2.75, 3.05) is 35.8 Å². The molecule has 0 unspecified atom stereocenters. The van der Waals surface area contributed by atoms with Gasteiger partial charge in [-0.05, 0) is 73.4 Å². The molecule has 0 saturated heterocycles. The lowest BCUT2D eigenvalue weighted by atomic mass is 10.0. The highest BCUT2D eigenvalue weighted by molar-refractivity contribution is 6.04. The number of methoxy groups -OCH3 is 1. The van der Waals surface area contributed by atoms with Crippen LogP contribution in [0.3, 0.4) is 0 Å². The van der Waals surface area contributed by atoms with E-state index in [1.807, 2.05) is 0 Å². The Morgan fingerprint density at radius 2 is 1.70 bits per heavy atom. The van der Waals surface area contributed by atoms with E-state index in [-0.39, 0.29) is 83.9 Å². The quantitative estimate of drug-likeness (QED) is 0.0331. The summed E-state index contributed by atoms with van der Waals surface area (Å²) in [5, 5.41) is 25.0. The van der Waals surface area contributed by atoms with Gasteiger partial charge in [0.1, 0.15) is 12.1 Å². The molecule has 314 valence electrons. The Kier molecular flexibility index (Phi) is 14.2. The van der Waals surface area contributed by atoms with E-state index in [1.54, 1.807) is 26.0 Å². The normalized spacial score (nSPS) is 12.5. The van der Waals surface area contributed by atoms with Gasteiger partial charge in [0.25, 0.3) is 11.8 Å². The summed E-state index contributed by atoms with van der Waals surface area (Å²) in [5.74, 6) is -3.15. The van der Waals surface area contributed by atoms with E-state index in [2.05, 4.69) is 61.8 Å². The Labute approximate surface area is 342 Å². The SMILES string of the molecule is COC(=O)[C@H](CCCNC(=O)c1ccc(NC(=O)[C@H](C)NC(=O)[C@@H](N)C(C)C)cc1-c1nn[nH]n1)N(C=O)C(=O)c1ccc(NCc2cnc3nc(N)nc(N)c3n2)cc1. The minimum atomic E-state index is -1.31. The van der Waals surface area contributed by atoms with Crippen LogP contribution in [0.25, 0.3) is 22.6 Å². The second kappa shape index (κ2) is 19.6. The number of nitrogen functional groups attached to an aromatic ring is 2. The van der Waals surface area contributed by atoms with Crippen molar-refractivity contribution in [2.45, 2.75) is 58.3 Å². The van der Waals surface area contributed by atoms with Gasteiger partial charge >= 0.3 is 5.97 Å². The third kappa shape index (κ3) is 10.6. The molecule has 2 aromatic carbocycles. The molecule has 5 amide bonds. The molecule has 23 nitrogen and oxygen atoms in total. The lowest BCUT2D eigenvalue weighted by Gasteiger charge is -2.25. The third-order valence-corrected chi connectivity index (χ3v) is 9.09. The fourth-order valence-electron chi connectivity index (χ4n) is 5.71. The summed E-state index contributed by atoms with van der Waals surface area (Å²) in [6.45, 7) is 5.33. The molecule has 0 saturated carbocycles. The van der Waals surface area contributed by atoms with Crippen LogP contribution in [0, 0.1) is 5.92 Å². The number of benzene rings is 2. The molecule has 0 aliphatic heterocycles. The highest BCUT2D eigenvalue weighted by Gasteiger charge is 2.31. The lowest BCUT2D eigenvalue weighted by Crippen LogP contribution is -2.50. The highest BCUT2D eigenvalue weighted by Crippen LogP contribution is 2.25. The molecule has 0 radical (unpaired) electrons. The first-order valence-electron chi connectivity index (χ1n) is 18.5. The maximum atomic E-state index is 13.5. The zero-order valence-corrected chi connectivity index (χ0v) is 33.0. The van der Waals surface area contributed by atoms with Crippen molar-refractivity contribution in [3.05, 3.63) is 65.5 Å². The summed E-state index contributed by atoms with van der Waals surface area (Å²) in [6.07, 6.45) is 1.85. The van der Waals surface area contributed by atoms with E-state index in [1.165, 1.54) is 43.5 Å². The Hall–Kier alpha value is -7.69. The van der Waals surface area contributed by atoms with Crippen molar-refractivity contribution in [3.8, 4) is 11.4 Å². The zero-order valence-electron chi connectivity index (χ0n) is 33.0. The third-order valence-electron chi connectivity index (χ3n) is 9.09. The first-order chi connectivity index (χ1) is 28.7. The Morgan fingerprint density at radius 3 is 2.37 bits per heavy atom. The van der Waals surface area contributed by atoms with Crippen LogP contribution < -0.4 is 38.5 Å². The number of aromatic amines is 1. The van der Waals surface area contributed by atoms with E-state index in [0.29, 0.717) is 16.9 Å². The van der Waals surface area contributed by atoms with Crippen LogP contribution in [0.1, 0.15) is 60.0 Å². The van der Waals surface area contributed by atoms with Crippen molar-refractivity contribution in [2.24, 2.45) is 11.7 Å². The zero-order chi connectivity index (χ0) is 43.5. The molecular formula is C37H44N16O7. The van der Waals surface area contributed by atoms with Crippen LogP contribution in [0.4, 0.5) is 23.1 Å². The van der Waals surface area contributed by atoms with Gasteiger partial charge in [0.15, 0.2) is 17.0 Å². The van der Waals surface area contributed by atoms with Crippen LogP contribution in [0.15, 0.2) is 48.7 Å². The van der Waals surface area contributed by atoms with E-state index in [0.717, 1.165) is 12.0 Å². The molecule has 5 rings (SSSR count). The first-order valence-corrected chi connectivity index (χ1v) is 18.5. The molecule has 60 heavy (non-hydrogen) atoms. The summed E-state index contributed by atoms with van der Waals surface area (Å²) < 4.78 is 4.91. The van der Waals surface area contributed by atoms with E-state index in [9.17, 15) is 28.8 Å². The Morgan fingerprint density at radius 1 is 0.967 bits per heavy atom. The molecular weight excluding hydrogens is 781 g/mol. The summed E-state index contributed by atoms with van der Waals surface area (Å²) in [5.41, 5.74) is 19.8. The monoisotopic (exact) mass is 824 g/mol. The van der Waals surface area contributed by atoms with Gasteiger partial charge in [-0.3, -0.25) is 28.9 Å². The molecule has 23 heteroatoms. The molecule has 0 bridgehead atoms. The maximum absolute atomic E-state index is 13.5. The topological polar surface area (TPSA) is 347 Å².